The molecule has 2 heteroatoms. The molecule has 0 fully saturated rings. The highest BCUT2D eigenvalue weighted by atomic mass is 16.5. The van der Waals surface area contributed by atoms with Crippen molar-refractivity contribution < 1.29 is 9.47 Å². The molecule has 1 heterocycles. The molecule has 3 rings (SSSR count). The van der Waals surface area contributed by atoms with Crippen LogP contribution in [0.1, 0.15) is 24.2 Å². The first-order chi connectivity index (χ1) is 9.28. The number of para-hydroxylation sites is 1. The van der Waals surface area contributed by atoms with Gasteiger partial charge in [-0.1, -0.05) is 30.3 Å². The first-order valence-electron chi connectivity index (χ1n) is 6.36. The van der Waals surface area contributed by atoms with Gasteiger partial charge < -0.3 is 9.47 Å². The Morgan fingerprint density at radius 3 is 2.47 bits per heavy atom. The predicted molar refractivity (Wildman–Crippen MR) is 76.5 cm³/mol. The highest BCUT2D eigenvalue weighted by Gasteiger charge is 2.19. The van der Waals surface area contributed by atoms with Gasteiger partial charge in [0.2, 0.25) is 0 Å². The number of allylic oxidation sites excluding steroid dienone is 1. The Hall–Kier alpha value is -2.22. The molecular formula is C17H16O2. The Morgan fingerprint density at radius 2 is 1.74 bits per heavy atom. The normalized spacial score (nSPS) is 17.2. The van der Waals surface area contributed by atoms with Gasteiger partial charge in [-0.3, -0.25) is 0 Å². The Bertz CT molecular complexity index is 611. The number of hydrogen-bond acceptors (Lipinski definition) is 2. The van der Waals surface area contributed by atoms with E-state index >= 15 is 0 Å². The second-order valence-electron chi connectivity index (χ2n) is 4.66. The van der Waals surface area contributed by atoms with Crippen molar-refractivity contribution in [2.75, 3.05) is 7.11 Å². The summed E-state index contributed by atoms with van der Waals surface area (Å²) in [6, 6.07) is 16.1. The Morgan fingerprint density at radius 1 is 1.00 bits per heavy atom. The molecule has 0 aliphatic carbocycles. The van der Waals surface area contributed by atoms with Gasteiger partial charge in [-0.2, -0.15) is 0 Å². The molecule has 19 heavy (non-hydrogen) atoms. The maximum atomic E-state index is 6.04. The van der Waals surface area contributed by atoms with Crippen molar-refractivity contribution in [3.8, 4) is 11.5 Å². The molecule has 2 nitrogen and oxygen atoms in total. The summed E-state index contributed by atoms with van der Waals surface area (Å²) in [5, 5.41) is 0. The molecule has 1 aliphatic heterocycles. The molecule has 0 bridgehead atoms. The summed E-state index contributed by atoms with van der Waals surface area (Å²) < 4.78 is 11.2. The quantitative estimate of drug-likeness (QED) is 0.796. The van der Waals surface area contributed by atoms with Crippen LogP contribution in [0.15, 0.2) is 54.6 Å². The largest absolute Gasteiger partial charge is 0.497 e. The van der Waals surface area contributed by atoms with Gasteiger partial charge in [0.1, 0.15) is 17.6 Å². The molecule has 96 valence electrons. The lowest BCUT2D eigenvalue weighted by Gasteiger charge is -2.24. The Balaban J connectivity index is 1.94. The zero-order valence-corrected chi connectivity index (χ0v) is 11.1. The number of fused-ring (bicyclic) bond motifs is 1. The summed E-state index contributed by atoms with van der Waals surface area (Å²) >= 11 is 0. The van der Waals surface area contributed by atoms with Gasteiger partial charge in [0.15, 0.2) is 0 Å². The monoisotopic (exact) mass is 252 g/mol. The van der Waals surface area contributed by atoms with Gasteiger partial charge in [-0.25, -0.2) is 0 Å². The lowest BCUT2D eigenvalue weighted by atomic mass is 9.98. The van der Waals surface area contributed by atoms with Crippen LogP contribution in [0.4, 0.5) is 0 Å². The summed E-state index contributed by atoms with van der Waals surface area (Å²) in [6.07, 6.45) is 2.13. The van der Waals surface area contributed by atoms with Crippen LogP contribution in [0, 0.1) is 0 Å². The molecule has 1 atom stereocenters. The summed E-state index contributed by atoms with van der Waals surface area (Å²) in [5.41, 5.74) is 3.56. The van der Waals surface area contributed by atoms with E-state index in [1.54, 1.807) is 7.11 Å². The van der Waals surface area contributed by atoms with Crippen LogP contribution in [0.25, 0.3) is 5.57 Å². The van der Waals surface area contributed by atoms with Gasteiger partial charge in [0.25, 0.3) is 0 Å². The minimum absolute atomic E-state index is 0.0270. The molecule has 2 aromatic carbocycles. The predicted octanol–water partition coefficient (Wildman–Crippen LogP) is 4.23. The molecule has 2 aromatic rings. The molecule has 0 saturated carbocycles. The van der Waals surface area contributed by atoms with E-state index in [2.05, 4.69) is 19.1 Å². The standard InChI is InChI=1S/C17H16O2/c1-12-11-17(13-7-9-14(18-2)10-8-13)19-16-6-4-3-5-15(12)16/h3-11,17H,1-2H3/t17-/m1/s1. The SMILES string of the molecule is COc1ccc([C@H]2C=C(C)c3ccccc3O2)cc1. The molecule has 0 amide bonds. The fourth-order valence-corrected chi connectivity index (χ4v) is 2.34. The van der Waals surface area contributed by atoms with Gasteiger partial charge in [0.05, 0.1) is 7.11 Å². The van der Waals surface area contributed by atoms with Crippen LogP contribution in [0.3, 0.4) is 0 Å². The van der Waals surface area contributed by atoms with E-state index < -0.39 is 0 Å². The summed E-state index contributed by atoms with van der Waals surface area (Å²) in [5.74, 6) is 1.81. The van der Waals surface area contributed by atoms with Crippen molar-refractivity contribution in [3.63, 3.8) is 0 Å². The zero-order chi connectivity index (χ0) is 13.2. The average Bonchev–Trinajstić information content (AvgIpc) is 2.47. The third-order valence-electron chi connectivity index (χ3n) is 3.41. The number of hydrogen-bond donors (Lipinski definition) is 0. The van der Waals surface area contributed by atoms with Crippen molar-refractivity contribution in [1.82, 2.24) is 0 Å². The molecule has 0 N–H and O–H groups in total. The number of ether oxygens (including phenoxy) is 2. The van der Waals surface area contributed by atoms with Gasteiger partial charge in [-0.15, -0.1) is 0 Å². The number of rotatable bonds is 2. The molecule has 0 unspecified atom stereocenters. The van der Waals surface area contributed by atoms with Gasteiger partial charge in [-0.05, 0) is 42.3 Å². The van der Waals surface area contributed by atoms with E-state index in [0.29, 0.717) is 0 Å². The second kappa shape index (κ2) is 4.81. The van der Waals surface area contributed by atoms with Crippen molar-refractivity contribution in [1.29, 1.82) is 0 Å². The van der Waals surface area contributed by atoms with E-state index in [1.165, 1.54) is 11.1 Å². The van der Waals surface area contributed by atoms with Crippen LogP contribution in [-0.4, -0.2) is 7.11 Å². The first-order valence-corrected chi connectivity index (χ1v) is 6.36. The maximum absolute atomic E-state index is 6.04. The number of methoxy groups -OCH3 is 1. The van der Waals surface area contributed by atoms with Crippen molar-refractivity contribution in [2.24, 2.45) is 0 Å². The lowest BCUT2D eigenvalue weighted by Crippen LogP contribution is -2.10. The Labute approximate surface area is 113 Å². The first kappa shape index (κ1) is 11.8. The molecule has 0 saturated heterocycles. The minimum atomic E-state index is -0.0270. The summed E-state index contributed by atoms with van der Waals surface area (Å²) in [6.45, 7) is 2.12. The van der Waals surface area contributed by atoms with Gasteiger partial charge >= 0.3 is 0 Å². The van der Waals surface area contributed by atoms with Crippen LogP contribution in [0.2, 0.25) is 0 Å². The maximum Gasteiger partial charge on any atom is 0.143 e. The summed E-state index contributed by atoms with van der Waals surface area (Å²) in [7, 11) is 1.67. The molecule has 1 aliphatic rings. The van der Waals surface area contributed by atoms with E-state index in [0.717, 1.165) is 17.1 Å². The van der Waals surface area contributed by atoms with Crippen LogP contribution in [0.5, 0.6) is 11.5 Å². The molecular weight excluding hydrogens is 236 g/mol. The molecule has 0 radical (unpaired) electrons. The second-order valence-corrected chi connectivity index (χ2v) is 4.66. The molecule has 0 aromatic heterocycles. The van der Waals surface area contributed by atoms with Crippen LogP contribution in [-0.2, 0) is 0 Å². The van der Waals surface area contributed by atoms with Crippen molar-refractivity contribution in [3.05, 3.63) is 65.7 Å². The van der Waals surface area contributed by atoms with E-state index in [-0.39, 0.29) is 6.10 Å². The highest BCUT2D eigenvalue weighted by Crippen LogP contribution is 2.37. The van der Waals surface area contributed by atoms with E-state index in [4.69, 9.17) is 9.47 Å². The molecule has 0 spiro atoms. The third-order valence-corrected chi connectivity index (χ3v) is 3.41. The van der Waals surface area contributed by atoms with Crippen LogP contribution >= 0.6 is 0 Å². The Kier molecular flexibility index (Phi) is 3.00. The summed E-state index contributed by atoms with van der Waals surface area (Å²) in [4.78, 5) is 0. The zero-order valence-electron chi connectivity index (χ0n) is 11.1. The smallest absolute Gasteiger partial charge is 0.143 e. The fraction of sp³-hybridized carbons (Fsp3) is 0.176. The van der Waals surface area contributed by atoms with Crippen molar-refractivity contribution >= 4 is 5.57 Å². The van der Waals surface area contributed by atoms with Crippen molar-refractivity contribution in [2.45, 2.75) is 13.0 Å². The van der Waals surface area contributed by atoms with E-state index in [9.17, 15) is 0 Å². The number of benzene rings is 2. The highest BCUT2D eigenvalue weighted by molar-refractivity contribution is 5.71. The minimum Gasteiger partial charge on any atom is -0.497 e. The van der Waals surface area contributed by atoms with E-state index in [1.807, 2.05) is 42.5 Å². The third kappa shape index (κ3) is 2.22. The van der Waals surface area contributed by atoms with Gasteiger partial charge in [0, 0.05) is 5.56 Å². The average molecular weight is 252 g/mol. The van der Waals surface area contributed by atoms with Crippen LogP contribution < -0.4 is 9.47 Å². The lowest BCUT2D eigenvalue weighted by molar-refractivity contribution is 0.250. The fourth-order valence-electron chi connectivity index (χ4n) is 2.34. The topological polar surface area (TPSA) is 18.5 Å².